The number of piperidine rings is 1. The molecule has 2 N–H and O–H groups in total. The third kappa shape index (κ3) is 4.07. The Morgan fingerprint density at radius 2 is 1.86 bits per heavy atom. The molecule has 1 aliphatic rings. The number of carbonyl (C=O) groups excluding carboxylic acids is 2. The monoisotopic (exact) mass is 303 g/mol. The van der Waals surface area contributed by atoms with E-state index >= 15 is 0 Å². The van der Waals surface area contributed by atoms with Gasteiger partial charge in [-0.15, -0.1) is 0 Å². The van der Waals surface area contributed by atoms with Gasteiger partial charge in [0.15, 0.2) is 0 Å². The highest BCUT2D eigenvalue weighted by Crippen LogP contribution is 2.14. The van der Waals surface area contributed by atoms with Crippen molar-refractivity contribution in [2.45, 2.75) is 39.2 Å². The van der Waals surface area contributed by atoms with Crippen molar-refractivity contribution in [3.05, 3.63) is 29.8 Å². The summed E-state index contributed by atoms with van der Waals surface area (Å²) in [6.07, 6.45) is 3.10. The molecular weight excluding hydrogens is 278 g/mol. The maximum absolute atomic E-state index is 12.2. The van der Waals surface area contributed by atoms with Gasteiger partial charge in [0.05, 0.1) is 6.04 Å². The van der Waals surface area contributed by atoms with Gasteiger partial charge in [-0.1, -0.05) is 6.42 Å². The highest BCUT2D eigenvalue weighted by molar-refractivity contribution is 5.97. The standard InChI is InChI=1S/C17H25N3O2/c1-3-20(4-2)17(22)13-8-10-14(11-9-13)19-16(21)15-7-5-6-12-18-15/h8-11,15,18H,3-7,12H2,1-2H3,(H,19,21)/t15-/m1/s1. The molecule has 2 amide bonds. The first-order valence-corrected chi connectivity index (χ1v) is 8.09. The summed E-state index contributed by atoms with van der Waals surface area (Å²) >= 11 is 0. The molecule has 0 spiro atoms. The lowest BCUT2D eigenvalue weighted by molar-refractivity contribution is -0.118. The first-order valence-electron chi connectivity index (χ1n) is 8.09. The molecule has 0 aliphatic carbocycles. The fourth-order valence-electron chi connectivity index (χ4n) is 2.69. The highest BCUT2D eigenvalue weighted by Gasteiger charge is 2.20. The van der Waals surface area contributed by atoms with Crippen LogP contribution in [0.5, 0.6) is 0 Å². The Kier molecular flexibility index (Phi) is 5.95. The second kappa shape index (κ2) is 7.94. The predicted octanol–water partition coefficient (Wildman–Crippen LogP) is 2.25. The van der Waals surface area contributed by atoms with E-state index < -0.39 is 0 Å². The normalized spacial score (nSPS) is 17.8. The molecule has 0 bridgehead atoms. The van der Waals surface area contributed by atoms with Crippen LogP contribution in [0, 0.1) is 0 Å². The van der Waals surface area contributed by atoms with E-state index in [2.05, 4.69) is 10.6 Å². The molecule has 0 unspecified atom stereocenters. The molecule has 1 aromatic carbocycles. The fourth-order valence-corrected chi connectivity index (χ4v) is 2.69. The Labute approximate surface area is 132 Å². The fraction of sp³-hybridized carbons (Fsp3) is 0.529. The van der Waals surface area contributed by atoms with E-state index in [1.807, 2.05) is 13.8 Å². The van der Waals surface area contributed by atoms with Crippen molar-refractivity contribution in [1.29, 1.82) is 0 Å². The number of hydrogen-bond acceptors (Lipinski definition) is 3. The average molecular weight is 303 g/mol. The number of hydrogen-bond donors (Lipinski definition) is 2. The third-order valence-corrected chi connectivity index (χ3v) is 4.08. The maximum Gasteiger partial charge on any atom is 0.253 e. The molecule has 0 saturated carbocycles. The summed E-state index contributed by atoms with van der Waals surface area (Å²) in [5, 5.41) is 6.13. The molecule has 5 nitrogen and oxygen atoms in total. The van der Waals surface area contributed by atoms with Crippen molar-refractivity contribution < 1.29 is 9.59 Å². The summed E-state index contributed by atoms with van der Waals surface area (Å²) in [7, 11) is 0. The van der Waals surface area contributed by atoms with Crippen LogP contribution >= 0.6 is 0 Å². The summed E-state index contributed by atoms with van der Waals surface area (Å²) in [5.74, 6) is 0.0272. The van der Waals surface area contributed by atoms with Gasteiger partial charge < -0.3 is 15.5 Å². The molecule has 5 heteroatoms. The van der Waals surface area contributed by atoms with E-state index in [-0.39, 0.29) is 17.9 Å². The van der Waals surface area contributed by atoms with Crippen LogP contribution in [0.4, 0.5) is 5.69 Å². The van der Waals surface area contributed by atoms with Gasteiger partial charge in [0.25, 0.3) is 5.91 Å². The van der Waals surface area contributed by atoms with Crippen LogP contribution in [0.25, 0.3) is 0 Å². The van der Waals surface area contributed by atoms with Crippen LogP contribution in [0.3, 0.4) is 0 Å². The van der Waals surface area contributed by atoms with Gasteiger partial charge in [-0.05, 0) is 57.5 Å². The van der Waals surface area contributed by atoms with E-state index in [4.69, 9.17) is 0 Å². The van der Waals surface area contributed by atoms with Crippen molar-refractivity contribution in [2.24, 2.45) is 0 Å². The summed E-state index contributed by atoms with van der Waals surface area (Å²) < 4.78 is 0. The average Bonchev–Trinajstić information content (AvgIpc) is 2.57. The van der Waals surface area contributed by atoms with Crippen LogP contribution in [0.2, 0.25) is 0 Å². The lowest BCUT2D eigenvalue weighted by Crippen LogP contribution is -2.43. The Morgan fingerprint density at radius 1 is 1.18 bits per heavy atom. The van der Waals surface area contributed by atoms with Crippen molar-refractivity contribution >= 4 is 17.5 Å². The smallest absolute Gasteiger partial charge is 0.253 e. The molecule has 1 fully saturated rings. The number of nitrogens with zero attached hydrogens (tertiary/aromatic N) is 1. The van der Waals surface area contributed by atoms with Crippen molar-refractivity contribution in [3.63, 3.8) is 0 Å². The van der Waals surface area contributed by atoms with Crippen molar-refractivity contribution in [2.75, 3.05) is 25.0 Å². The number of nitrogens with one attached hydrogen (secondary N) is 2. The zero-order valence-electron chi connectivity index (χ0n) is 13.4. The largest absolute Gasteiger partial charge is 0.339 e. The van der Waals surface area contributed by atoms with Crippen LogP contribution in [-0.4, -0.2) is 42.4 Å². The first kappa shape index (κ1) is 16.5. The Hall–Kier alpha value is -1.88. The molecule has 0 radical (unpaired) electrons. The summed E-state index contributed by atoms with van der Waals surface area (Å²) in [5.41, 5.74) is 1.38. The molecule has 1 aromatic rings. The van der Waals surface area contributed by atoms with Gasteiger partial charge in [-0.3, -0.25) is 9.59 Å². The topological polar surface area (TPSA) is 61.4 Å². The Balaban J connectivity index is 1.96. The predicted molar refractivity (Wildman–Crippen MR) is 88.0 cm³/mol. The molecule has 120 valence electrons. The molecule has 0 aromatic heterocycles. The highest BCUT2D eigenvalue weighted by atomic mass is 16.2. The number of carbonyl (C=O) groups is 2. The van der Waals surface area contributed by atoms with Gasteiger partial charge in [-0.25, -0.2) is 0 Å². The van der Waals surface area contributed by atoms with Crippen LogP contribution in [-0.2, 0) is 4.79 Å². The van der Waals surface area contributed by atoms with E-state index in [0.717, 1.165) is 31.5 Å². The second-order valence-electron chi connectivity index (χ2n) is 5.55. The van der Waals surface area contributed by atoms with Crippen LogP contribution in [0.1, 0.15) is 43.5 Å². The van der Waals surface area contributed by atoms with Crippen molar-refractivity contribution in [3.8, 4) is 0 Å². The molecule has 2 rings (SSSR count). The minimum Gasteiger partial charge on any atom is -0.339 e. The Morgan fingerprint density at radius 3 is 2.41 bits per heavy atom. The number of amides is 2. The second-order valence-corrected chi connectivity index (χ2v) is 5.55. The van der Waals surface area contributed by atoms with Gasteiger partial charge in [0.1, 0.15) is 0 Å². The van der Waals surface area contributed by atoms with Gasteiger partial charge in [-0.2, -0.15) is 0 Å². The number of benzene rings is 1. The zero-order chi connectivity index (χ0) is 15.9. The Bertz CT molecular complexity index is 503. The van der Waals surface area contributed by atoms with E-state index in [1.54, 1.807) is 29.2 Å². The minimum absolute atomic E-state index is 0.00233. The van der Waals surface area contributed by atoms with E-state index in [1.165, 1.54) is 0 Å². The first-order chi connectivity index (χ1) is 10.7. The van der Waals surface area contributed by atoms with Crippen LogP contribution in [0.15, 0.2) is 24.3 Å². The summed E-state index contributed by atoms with van der Waals surface area (Å²) in [4.78, 5) is 26.1. The lowest BCUT2D eigenvalue weighted by Gasteiger charge is -2.22. The zero-order valence-corrected chi connectivity index (χ0v) is 13.4. The van der Waals surface area contributed by atoms with Crippen molar-refractivity contribution in [1.82, 2.24) is 10.2 Å². The summed E-state index contributed by atoms with van der Waals surface area (Å²) in [6.45, 7) is 6.22. The quantitative estimate of drug-likeness (QED) is 0.877. The molecule has 1 aliphatic heterocycles. The van der Waals surface area contributed by atoms with Crippen LogP contribution < -0.4 is 10.6 Å². The molecular formula is C17H25N3O2. The third-order valence-electron chi connectivity index (χ3n) is 4.08. The number of rotatable bonds is 5. The lowest BCUT2D eigenvalue weighted by atomic mass is 10.0. The SMILES string of the molecule is CCN(CC)C(=O)c1ccc(NC(=O)[C@H]2CCCCN2)cc1. The minimum atomic E-state index is -0.106. The molecule has 22 heavy (non-hydrogen) atoms. The van der Waals surface area contributed by atoms with Gasteiger partial charge >= 0.3 is 0 Å². The summed E-state index contributed by atoms with van der Waals surface area (Å²) in [6, 6.07) is 7.01. The van der Waals surface area contributed by atoms with Gasteiger partial charge in [0.2, 0.25) is 5.91 Å². The van der Waals surface area contributed by atoms with E-state index in [9.17, 15) is 9.59 Å². The van der Waals surface area contributed by atoms with E-state index in [0.29, 0.717) is 18.7 Å². The molecule has 1 heterocycles. The molecule has 1 atom stereocenters. The number of anilines is 1. The van der Waals surface area contributed by atoms with Gasteiger partial charge in [0, 0.05) is 24.3 Å². The maximum atomic E-state index is 12.2. The molecule has 1 saturated heterocycles.